The van der Waals surface area contributed by atoms with E-state index in [1.165, 1.54) is 0 Å². The molecule has 0 aromatic heterocycles. The Balaban J connectivity index is 4.25. The average Bonchev–Trinajstić information content (AvgIpc) is 2.32. The molecule has 0 bridgehead atoms. The predicted molar refractivity (Wildman–Crippen MR) is 72.8 cm³/mol. The Morgan fingerprint density at radius 3 is 2.15 bits per heavy atom. The lowest BCUT2D eigenvalue weighted by Gasteiger charge is -2.17. The monoisotopic (exact) mass is 287 g/mol. The zero-order valence-corrected chi connectivity index (χ0v) is 11.0. The van der Waals surface area contributed by atoms with Gasteiger partial charge in [-0.05, 0) is 12.8 Å². The van der Waals surface area contributed by atoms with E-state index >= 15 is 0 Å². The molecule has 0 fully saturated rings. The number of aliphatic imine (C=N–C) groups is 1. The first-order chi connectivity index (χ1) is 9.23. The van der Waals surface area contributed by atoms with Gasteiger partial charge in [-0.3, -0.25) is 19.4 Å². The largest absolute Gasteiger partial charge is 0.370 e. The number of guanidine groups is 1. The number of rotatable bonds is 9. The Labute approximate surface area is 116 Å². The Hall–Kier alpha value is -2.36. The number of amides is 3. The zero-order valence-electron chi connectivity index (χ0n) is 11.0. The van der Waals surface area contributed by atoms with Gasteiger partial charge in [-0.15, -0.1) is 0 Å². The molecule has 2 atom stereocenters. The second kappa shape index (κ2) is 8.69. The van der Waals surface area contributed by atoms with E-state index in [1.54, 1.807) is 0 Å². The normalized spacial score (nSPS) is 13.1. The third kappa shape index (κ3) is 7.87. The second-order valence-corrected chi connectivity index (χ2v) is 4.19. The van der Waals surface area contributed by atoms with Gasteiger partial charge in [-0.1, -0.05) is 0 Å². The average molecular weight is 287 g/mol. The Morgan fingerprint density at radius 2 is 1.70 bits per heavy atom. The molecular weight excluding hydrogens is 266 g/mol. The molecule has 0 aromatic carbocycles. The molecule has 0 rings (SSSR count). The smallest absolute Gasteiger partial charge is 0.240 e. The van der Waals surface area contributed by atoms with E-state index in [4.69, 9.17) is 28.7 Å². The van der Waals surface area contributed by atoms with E-state index in [-0.39, 0.29) is 12.4 Å². The summed E-state index contributed by atoms with van der Waals surface area (Å²) in [4.78, 5) is 37.2. The summed E-state index contributed by atoms with van der Waals surface area (Å²) in [5, 5.41) is 2.27. The Bertz CT molecular complexity index is 392. The molecule has 0 aliphatic carbocycles. The van der Waals surface area contributed by atoms with E-state index in [2.05, 4.69) is 10.3 Å². The quantitative estimate of drug-likeness (QED) is 0.142. The van der Waals surface area contributed by atoms with Crippen molar-refractivity contribution in [2.24, 2.45) is 33.7 Å². The van der Waals surface area contributed by atoms with Crippen LogP contribution < -0.4 is 34.0 Å². The van der Waals surface area contributed by atoms with E-state index in [9.17, 15) is 14.4 Å². The molecule has 11 N–H and O–H groups in total. The summed E-state index contributed by atoms with van der Waals surface area (Å²) in [7, 11) is 0. The van der Waals surface area contributed by atoms with Crippen LogP contribution in [0.15, 0.2) is 4.99 Å². The molecule has 0 saturated heterocycles. The minimum absolute atomic E-state index is 0.0433. The standard InChI is InChI=1S/C10H21N7O3/c11-5(2-1-3-16-10(14)15)9(20)17-6(8(13)19)4-7(12)18/h5-6H,1-4,11H2,(H2,12,18)(H2,13,19)(H,17,20)(H4,14,15,16). The van der Waals surface area contributed by atoms with Gasteiger partial charge >= 0.3 is 0 Å². The molecular formula is C10H21N7O3. The first-order valence-corrected chi connectivity index (χ1v) is 5.93. The maximum atomic E-state index is 11.7. The van der Waals surface area contributed by atoms with Crippen LogP contribution in [0.4, 0.5) is 0 Å². The Morgan fingerprint density at radius 1 is 1.10 bits per heavy atom. The van der Waals surface area contributed by atoms with Gasteiger partial charge in [0, 0.05) is 6.54 Å². The van der Waals surface area contributed by atoms with E-state index in [1.807, 2.05) is 0 Å². The zero-order chi connectivity index (χ0) is 15.7. The van der Waals surface area contributed by atoms with Crippen molar-refractivity contribution in [3.63, 3.8) is 0 Å². The van der Waals surface area contributed by atoms with Crippen LogP contribution in [0.25, 0.3) is 0 Å². The lowest BCUT2D eigenvalue weighted by Crippen LogP contribution is -2.51. The van der Waals surface area contributed by atoms with Crippen LogP contribution in [0.2, 0.25) is 0 Å². The molecule has 114 valence electrons. The maximum Gasteiger partial charge on any atom is 0.240 e. The number of carbonyl (C=O) groups excluding carboxylic acids is 3. The number of primary amides is 2. The molecule has 0 spiro atoms. The number of nitrogens with zero attached hydrogens (tertiary/aromatic N) is 1. The fourth-order valence-electron chi connectivity index (χ4n) is 1.35. The number of nitrogens with one attached hydrogen (secondary N) is 1. The van der Waals surface area contributed by atoms with Crippen LogP contribution in [0.5, 0.6) is 0 Å². The van der Waals surface area contributed by atoms with Crippen LogP contribution in [0, 0.1) is 0 Å². The highest BCUT2D eigenvalue weighted by Crippen LogP contribution is 1.98. The summed E-state index contributed by atoms with van der Waals surface area (Å²) >= 11 is 0. The summed E-state index contributed by atoms with van der Waals surface area (Å²) in [6, 6.07) is -2.03. The molecule has 20 heavy (non-hydrogen) atoms. The predicted octanol–water partition coefficient (Wildman–Crippen LogP) is -3.79. The summed E-state index contributed by atoms with van der Waals surface area (Å²) in [5.74, 6) is -2.25. The van der Waals surface area contributed by atoms with Gasteiger partial charge < -0.3 is 34.0 Å². The van der Waals surface area contributed by atoms with Gasteiger partial charge in [0.1, 0.15) is 6.04 Å². The van der Waals surface area contributed by atoms with E-state index < -0.39 is 29.8 Å². The number of nitrogens with two attached hydrogens (primary N) is 5. The summed E-state index contributed by atoms with van der Waals surface area (Å²) < 4.78 is 0. The van der Waals surface area contributed by atoms with Crippen molar-refractivity contribution < 1.29 is 14.4 Å². The molecule has 10 nitrogen and oxygen atoms in total. The van der Waals surface area contributed by atoms with Crippen molar-refractivity contribution in [2.45, 2.75) is 31.3 Å². The van der Waals surface area contributed by atoms with Gasteiger partial charge in [0.05, 0.1) is 12.5 Å². The van der Waals surface area contributed by atoms with Crippen molar-refractivity contribution in [1.82, 2.24) is 5.32 Å². The van der Waals surface area contributed by atoms with Crippen molar-refractivity contribution in [2.75, 3.05) is 6.54 Å². The highest BCUT2D eigenvalue weighted by molar-refractivity contribution is 5.92. The molecule has 10 heteroatoms. The lowest BCUT2D eigenvalue weighted by atomic mass is 10.1. The van der Waals surface area contributed by atoms with Crippen molar-refractivity contribution in [3.05, 3.63) is 0 Å². The van der Waals surface area contributed by atoms with Crippen molar-refractivity contribution >= 4 is 23.7 Å². The summed E-state index contributed by atoms with van der Waals surface area (Å²) in [6.45, 7) is 0.337. The van der Waals surface area contributed by atoms with Crippen LogP contribution >= 0.6 is 0 Å². The van der Waals surface area contributed by atoms with Crippen LogP contribution in [0.3, 0.4) is 0 Å². The molecule has 3 amide bonds. The topological polar surface area (TPSA) is 206 Å². The van der Waals surface area contributed by atoms with Gasteiger partial charge in [-0.2, -0.15) is 0 Å². The number of hydrogen-bond donors (Lipinski definition) is 6. The van der Waals surface area contributed by atoms with Gasteiger partial charge in [0.15, 0.2) is 5.96 Å². The van der Waals surface area contributed by atoms with Gasteiger partial charge in [-0.25, -0.2) is 0 Å². The lowest BCUT2D eigenvalue weighted by molar-refractivity contribution is -0.130. The number of carbonyl (C=O) groups is 3. The minimum atomic E-state index is -1.16. The van der Waals surface area contributed by atoms with Crippen molar-refractivity contribution in [1.29, 1.82) is 0 Å². The van der Waals surface area contributed by atoms with Crippen LogP contribution in [-0.4, -0.2) is 42.3 Å². The van der Waals surface area contributed by atoms with Crippen LogP contribution in [-0.2, 0) is 14.4 Å². The first kappa shape index (κ1) is 17.6. The highest BCUT2D eigenvalue weighted by atomic mass is 16.2. The minimum Gasteiger partial charge on any atom is -0.370 e. The molecule has 0 heterocycles. The molecule has 0 aliphatic rings. The molecule has 2 unspecified atom stereocenters. The van der Waals surface area contributed by atoms with E-state index in [0.717, 1.165) is 0 Å². The fourth-order valence-corrected chi connectivity index (χ4v) is 1.35. The van der Waals surface area contributed by atoms with Crippen molar-refractivity contribution in [3.8, 4) is 0 Å². The molecule has 0 aromatic rings. The van der Waals surface area contributed by atoms with Gasteiger partial charge in [0.2, 0.25) is 17.7 Å². The highest BCUT2D eigenvalue weighted by Gasteiger charge is 2.23. The van der Waals surface area contributed by atoms with Gasteiger partial charge in [0.25, 0.3) is 0 Å². The summed E-state index contributed by atoms with van der Waals surface area (Å²) in [6.07, 6.45) is 0.427. The SMILES string of the molecule is NC(=O)CC(NC(=O)C(N)CCCN=C(N)N)C(N)=O. The molecule has 0 radical (unpaired) electrons. The second-order valence-electron chi connectivity index (χ2n) is 4.19. The third-order valence-electron chi connectivity index (χ3n) is 2.37. The molecule has 0 saturated carbocycles. The third-order valence-corrected chi connectivity index (χ3v) is 2.37. The first-order valence-electron chi connectivity index (χ1n) is 5.93. The molecule has 0 aliphatic heterocycles. The summed E-state index contributed by atoms with van der Waals surface area (Å²) in [5.41, 5.74) is 25.9. The Kier molecular flexibility index (Phi) is 7.67. The fraction of sp³-hybridized carbons (Fsp3) is 0.600. The van der Waals surface area contributed by atoms with Crippen LogP contribution in [0.1, 0.15) is 19.3 Å². The van der Waals surface area contributed by atoms with E-state index in [0.29, 0.717) is 19.4 Å². The number of hydrogen-bond acceptors (Lipinski definition) is 5. The maximum absolute atomic E-state index is 11.7.